The first-order chi connectivity index (χ1) is 9.81. The smallest absolute Gasteiger partial charge is 0.305 e. The van der Waals surface area contributed by atoms with E-state index in [0.29, 0.717) is 18.4 Å². The van der Waals surface area contributed by atoms with E-state index in [4.69, 9.17) is 4.74 Å². The summed E-state index contributed by atoms with van der Waals surface area (Å²) in [5.41, 5.74) is 0.413. The molecule has 0 aromatic carbocycles. The number of hydrogen-bond acceptors (Lipinski definition) is 2. The van der Waals surface area contributed by atoms with E-state index in [9.17, 15) is 4.79 Å². The molecule has 0 aromatic rings. The molecule has 0 unspecified atom stereocenters. The number of hydrogen-bond donors (Lipinski definition) is 0. The van der Waals surface area contributed by atoms with Crippen LogP contribution in [0.15, 0.2) is 0 Å². The highest BCUT2D eigenvalue weighted by atomic mass is 16.5. The van der Waals surface area contributed by atoms with Crippen molar-refractivity contribution in [2.75, 3.05) is 6.61 Å². The molecule has 0 aromatic heterocycles. The summed E-state index contributed by atoms with van der Waals surface area (Å²) >= 11 is 0. The number of ether oxygens (including phenoxy) is 1. The van der Waals surface area contributed by atoms with Crippen LogP contribution in [0.25, 0.3) is 0 Å². The van der Waals surface area contributed by atoms with Crippen LogP contribution >= 0.6 is 0 Å². The quantitative estimate of drug-likeness (QED) is 0.320. The van der Waals surface area contributed by atoms with Gasteiger partial charge in [-0.1, -0.05) is 73.1 Å². The fourth-order valence-corrected chi connectivity index (χ4v) is 2.37. The third-order valence-electron chi connectivity index (χ3n) is 3.75. The number of esters is 1. The van der Waals surface area contributed by atoms with Crippen LogP contribution in [0.3, 0.4) is 0 Å². The van der Waals surface area contributed by atoms with Gasteiger partial charge in [-0.05, 0) is 30.6 Å². The Morgan fingerprint density at radius 3 is 2.14 bits per heavy atom. The van der Waals surface area contributed by atoms with Crippen LogP contribution in [-0.4, -0.2) is 12.6 Å². The molecule has 126 valence electrons. The molecule has 0 heterocycles. The first kappa shape index (κ1) is 20.5. The lowest BCUT2D eigenvalue weighted by Crippen LogP contribution is -2.06. The SMILES string of the molecule is CC(C)CCCCCCOC(=O)CCCCCC(C)(C)C. The minimum absolute atomic E-state index is 0.00654. The molecule has 0 spiro atoms. The number of unbranched alkanes of at least 4 members (excludes halogenated alkanes) is 5. The van der Waals surface area contributed by atoms with E-state index in [0.717, 1.165) is 25.2 Å². The first-order valence-corrected chi connectivity index (χ1v) is 8.97. The van der Waals surface area contributed by atoms with Gasteiger partial charge in [-0.25, -0.2) is 0 Å². The van der Waals surface area contributed by atoms with Gasteiger partial charge in [0, 0.05) is 6.42 Å². The van der Waals surface area contributed by atoms with Crippen LogP contribution in [-0.2, 0) is 9.53 Å². The summed E-state index contributed by atoms with van der Waals surface area (Å²) in [5.74, 6) is 0.800. The molecular formula is C19H38O2. The maximum absolute atomic E-state index is 11.6. The van der Waals surface area contributed by atoms with Crippen molar-refractivity contribution in [1.29, 1.82) is 0 Å². The third-order valence-corrected chi connectivity index (χ3v) is 3.75. The Morgan fingerprint density at radius 2 is 1.52 bits per heavy atom. The van der Waals surface area contributed by atoms with Crippen molar-refractivity contribution in [3.63, 3.8) is 0 Å². The zero-order valence-electron chi connectivity index (χ0n) is 15.2. The maximum Gasteiger partial charge on any atom is 0.305 e. The fourth-order valence-electron chi connectivity index (χ4n) is 2.37. The van der Waals surface area contributed by atoms with Crippen molar-refractivity contribution in [1.82, 2.24) is 0 Å². The van der Waals surface area contributed by atoms with Crippen molar-refractivity contribution in [3.05, 3.63) is 0 Å². The van der Waals surface area contributed by atoms with Crippen LogP contribution in [0.2, 0.25) is 0 Å². The highest BCUT2D eigenvalue weighted by molar-refractivity contribution is 5.69. The Morgan fingerprint density at radius 1 is 0.905 bits per heavy atom. The Balaban J connectivity index is 3.28. The van der Waals surface area contributed by atoms with Crippen molar-refractivity contribution in [2.24, 2.45) is 11.3 Å². The minimum Gasteiger partial charge on any atom is -0.466 e. The summed E-state index contributed by atoms with van der Waals surface area (Å²) in [6.45, 7) is 11.9. The van der Waals surface area contributed by atoms with E-state index in [1.54, 1.807) is 0 Å². The molecule has 2 heteroatoms. The van der Waals surface area contributed by atoms with Gasteiger partial charge in [-0.3, -0.25) is 4.79 Å². The number of rotatable bonds is 12. The summed E-state index contributed by atoms with van der Waals surface area (Å²) in [7, 11) is 0. The lowest BCUT2D eigenvalue weighted by Gasteiger charge is -2.17. The van der Waals surface area contributed by atoms with Crippen LogP contribution < -0.4 is 0 Å². The average molecular weight is 299 g/mol. The summed E-state index contributed by atoms with van der Waals surface area (Å²) in [5, 5.41) is 0. The Bertz CT molecular complexity index is 251. The van der Waals surface area contributed by atoms with Crippen LogP contribution in [0.4, 0.5) is 0 Å². The second-order valence-electron chi connectivity index (χ2n) is 7.94. The lowest BCUT2D eigenvalue weighted by molar-refractivity contribution is -0.143. The van der Waals surface area contributed by atoms with Gasteiger partial charge < -0.3 is 4.74 Å². The maximum atomic E-state index is 11.6. The van der Waals surface area contributed by atoms with E-state index < -0.39 is 0 Å². The van der Waals surface area contributed by atoms with E-state index in [1.807, 2.05) is 0 Å². The molecule has 0 amide bonds. The average Bonchev–Trinajstić information content (AvgIpc) is 2.35. The Hall–Kier alpha value is -0.530. The number of carbonyl (C=O) groups excluding carboxylic acids is 1. The summed E-state index contributed by atoms with van der Waals surface area (Å²) in [4.78, 5) is 11.6. The first-order valence-electron chi connectivity index (χ1n) is 8.97. The molecule has 0 saturated carbocycles. The Kier molecular flexibility index (Phi) is 11.8. The second-order valence-corrected chi connectivity index (χ2v) is 7.94. The third kappa shape index (κ3) is 17.4. The zero-order chi connectivity index (χ0) is 16.1. The molecule has 2 nitrogen and oxygen atoms in total. The standard InChI is InChI=1S/C19H38O2/c1-17(2)13-9-6-7-12-16-21-18(20)14-10-8-11-15-19(3,4)5/h17H,6-16H2,1-5H3. The predicted octanol–water partition coefficient (Wildman–Crippen LogP) is 6.13. The van der Waals surface area contributed by atoms with Crippen LogP contribution in [0.5, 0.6) is 0 Å². The van der Waals surface area contributed by atoms with Gasteiger partial charge in [-0.2, -0.15) is 0 Å². The van der Waals surface area contributed by atoms with E-state index >= 15 is 0 Å². The summed E-state index contributed by atoms with van der Waals surface area (Å²) < 4.78 is 5.28. The zero-order valence-corrected chi connectivity index (χ0v) is 15.2. The predicted molar refractivity (Wildman–Crippen MR) is 91.4 cm³/mol. The normalized spacial score (nSPS) is 11.9. The summed E-state index contributed by atoms with van der Waals surface area (Å²) in [6.07, 6.45) is 11.3. The van der Waals surface area contributed by atoms with E-state index in [-0.39, 0.29) is 5.97 Å². The second kappa shape index (κ2) is 12.1. The molecule has 0 fully saturated rings. The van der Waals surface area contributed by atoms with Crippen molar-refractivity contribution < 1.29 is 9.53 Å². The molecule has 0 saturated heterocycles. The van der Waals surface area contributed by atoms with Gasteiger partial charge in [0.25, 0.3) is 0 Å². The van der Waals surface area contributed by atoms with Gasteiger partial charge in [0.05, 0.1) is 6.61 Å². The minimum atomic E-state index is -0.00654. The van der Waals surface area contributed by atoms with Crippen molar-refractivity contribution in [2.45, 2.75) is 98.8 Å². The molecule has 0 N–H and O–H groups in total. The molecule has 21 heavy (non-hydrogen) atoms. The highest BCUT2D eigenvalue weighted by Crippen LogP contribution is 2.22. The van der Waals surface area contributed by atoms with Gasteiger partial charge in [-0.15, -0.1) is 0 Å². The fraction of sp³-hybridized carbons (Fsp3) is 0.947. The monoisotopic (exact) mass is 298 g/mol. The molecule has 0 aliphatic heterocycles. The molecule has 0 aliphatic carbocycles. The molecule has 0 atom stereocenters. The molecule has 0 bridgehead atoms. The number of carbonyl (C=O) groups is 1. The molecular weight excluding hydrogens is 260 g/mol. The van der Waals surface area contributed by atoms with Crippen molar-refractivity contribution >= 4 is 5.97 Å². The molecule has 0 rings (SSSR count). The Labute approximate surface area is 133 Å². The van der Waals surface area contributed by atoms with Gasteiger partial charge >= 0.3 is 5.97 Å². The highest BCUT2D eigenvalue weighted by Gasteiger charge is 2.09. The van der Waals surface area contributed by atoms with Crippen LogP contribution in [0.1, 0.15) is 98.8 Å². The van der Waals surface area contributed by atoms with Gasteiger partial charge in [0.2, 0.25) is 0 Å². The van der Waals surface area contributed by atoms with Gasteiger partial charge in [0.1, 0.15) is 0 Å². The summed E-state index contributed by atoms with van der Waals surface area (Å²) in [6, 6.07) is 0. The van der Waals surface area contributed by atoms with E-state index in [2.05, 4.69) is 34.6 Å². The van der Waals surface area contributed by atoms with Gasteiger partial charge in [0.15, 0.2) is 0 Å². The molecule has 0 aliphatic rings. The molecule has 0 radical (unpaired) electrons. The lowest BCUT2D eigenvalue weighted by atomic mass is 9.89. The van der Waals surface area contributed by atoms with Crippen molar-refractivity contribution in [3.8, 4) is 0 Å². The van der Waals surface area contributed by atoms with Crippen LogP contribution in [0, 0.1) is 11.3 Å². The largest absolute Gasteiger partial charge is 0.466 e. The topological polar surface area (TPSA) is 26.3 Å². The van der Waals surface area contributed by atoms with E-state index in [1.165, 1.54) is 38.5 Å².